The number of aromatic nitrogens is 2. The minimum Gasteiger partial charge on any atom is -0.324 e. The van der Waals surface area contributed by atoms with Crippen molar-refractivity contribution >= 4 is 11.6 Å². The molecule has 0 bridgehead atoms. The summed E-state index contributed by atoms with van der Waals surface area (Å²) in [5.41, 5.74) is 3.66. The van der Waals surface area contributed by atoms with Crippen LogP contribution in [0.3, 0.4) is 0 Å². The van der Waals surface area contributed by atoms with Gasteiger partial charge in [-0.05, 0) is 37.4 Å². The summed E-state index contributed by atoms with van der Waals surface area (Å²) in [5.74, 6) is 0.674. The van der Waals surface area contributed by atoms with E-state index in [9.17, 15) is 0 Å². The van der Waals surface area contributed by atoms with Gasteiger partial charge in [-0.2, -0.15) is 0 Å². The maximum Gasteiger partial charge on any atom is 0.227 e. The van der Waals surface area contributed by atoms with Crippen molar-refractivity contribution in [2.45, 2.75) is 32.7 Å². The normalized spacial score (nSPS) is 19.9. The first kappa shape index (κ1) is 14.0. The quantitative estimate of drug-likeness (QED) is 0.905. The lowest BCUT2D eigenvalue weighted by molar-refractivity contribution is 0.260. The number of anilines is 2. The van der Waals surface area contributed by atoms with E-state index in [0.717, 1.165) is 24.2 Å². The average Bonchev–Trinajstić information content (AvgIpc) is 2.46. The van der Waals surface area contributed by atoms with Crippen LogP contribution in [0.25, 0.3) is 0 Å². The SMILES string of the molecule is CNC1CC(C)(C)Cc2nc(Nc3ccccc3)ncc21. The molecule has 1 heterocycles. The summed E-state index contributed by atoms with van der Waals surface area (Å²) in [6, 6.07) is 10.4. The molecule has 0 spiro atoms. The van der Waals surface area contributed by atoms with Crippen molar-refractivity contribution in [1.82, 2.24) is 15.3 Å². The van der Waals surface area contributed by atoms with Gasteiger partial charge in [0.25, 0.3) is 0 Å². The molecule has 2 aromatic rings. The fourth-order valence-electron chi connectivity index (χ4n) is 3.02. The van der Waals surface area contributed by atoms with Crippen molar-refractivity contribution in [2.24, 2.45) is 5.41 Å². The molecule has 3 rings (SSSR count). The fraction of sp³-hybridized carbons (Fsp3) is 0.412. The van der Waals surface area contributed by atoms with E-state index < -0.39 is 0 Å². The van der Waals surface area contributed by atoms with Gasteiger partial charge in [-0.3, -0.25) is 0 Å². The molecule has 4 nitrogen and oxygen atoms in total. The van der Waals surface area contributed by atoms with Crippen molar-refractivity contribution in [3.8, 4) is 0 Å². The van der Waals surface area contributed by atoms with Crippen LogP contribution in [0.5, 0.6) is 0 Å². The molecule has 1 unspecified atom stereocenters. The summed E-state index contributed by atoms with van der Waals surface area (Å²) in [5, 5.41) is 6.66. The molecule has 21 heavy (non-hydrogen) atoms. The van der Waals surface area contributed by atoms with E-state index in [1.165, 1.54) is 5.56 Å². The van der Waals surface area contributed by atoms with Gasteiger partial charge in [0, 0.05) is 23.5 Å². The van der Waals surface area contributed by atoms with Gasteiger partial charge in [0.05, 0.1) is 5.69 Å². The zero-order valence-electron chi connectivity index (χ0n) is 12.9. The monoisotopic (exact) mass is 282 g/mol. The van der Waals surface area contributed by atoms with Crippen LogP contribution >= 0.6 is 0 Å². The number of para-hydroxylation sites is 1. The van der Waals surface area contributed by atoms with Crippen LogP contribution in [-0.4, -0.2) is 17.0 Å². The Morgan fingerprint density at radius 2 is 1.95 bits per heavy atom. The van der Waals surface area contributed by atoms with Gasteiger partial charge < -0.3 is 10.6 Å². The average molecular weight is 282 g/mol. The zero-order chi connectivity index (χ0) is 14.9. The predicted molar refractivity (Wildman–Crippen MR) is 85.7 cm³/mol. The van der Waals surface area contributed by atoms with E-state index in [1.807, 2.05) is 43.6 Å². The number of nitrogens with zero attached hydrogens (tertiary/aromatic N) is 2. The molecule has 0 radical (unpaired) electrons. The summed E-state index contributed by atoms with van der Waals surface area (Å²) >= 11 is 0. The molecule has 1 aromatic carbocycles. The Labute approximate surface area is 126 Å². The summed E-state index contributed by atoms with van der Waals surface area (Å²) in [6.45, 7) is 4.60. The smallest absolute Gasteiger partial charge is 0.227 e. The first-order valence-corrected chi connectivity index (χ1v) is 7.42. The molecular formula is C17H22N4. The third kappa shape index (κ3) is 3.05. The van der Waals surface area contributed by atoms with Crippen molar-refractivity contribution in [3.63, 3.8) is 0 Å². The predicted octanol–water partition coefficient (Wildman–Crippen LogP) is 3.45. The van der Waals surface area contributed by atoms with Gasteiger partial charge in [0.15, 0.2) is 0 Å². The maximum atomic E-state index is 4.74. The van der Waals surface area contributed by atoms with Crippen molar-refractivity contribution in [2.75, 3.05) is 12.4 Å². The largest absolute Gasteiger partial charge is 0.324 e. The van der Waals surface area contributed by atoms with Gasteiger partial charge in [-0.25, -0.2) is 9.97 Å². The lowest BCUT2D eigenvalue weighted by atomic mass is 9.74. The summed E-state index contributed by atoms with van der Waals surface area (Å²) in [7, 11) is 2.01. The molecule has 110 valence electrons. The van der Waals surface area contributed by atoms with Gasteiger partial charge in [0.1, 0.15) is 0 Å². The Hall–Kier alpha value is -1.94. The molecule has 1 aliphatic carbocycles. The second-order valence-corrected chi connectivity index (χ2v) is 6.47. The molecule has 4 heteroatoms. The van der Waals surface area contributed by atoms with E-state index in [2.05, 4.69) is 29.5 Å². The van der Waals surface area contributed by atoms with Crippen molar-refractivity contribution in [3.05, 3.63) is 47.8 Å². The highest BCUT2D eigenvalue weighted by Crippen LogP contribution is 2.39. The van der Waals surface area contributed by atoms with Crippen LogP contribution in [0.2, 0.25) is 0 Å². The highest BCUT2D eigenvalue weighted by Gasteiger charge is 2.32. The van der Waals surface area contributed by atoms with Crippen LogP contribution in [0, 0.1) is 5.41 Å². The lowest BCUT2D eigenvalue weighted by Crippen LogP contribution is -2.32. The zero-order valence-corrected chi connectivity index (χ0v) is 12.9. The minimum absolute atomic E-state index is 0.263. The van der Waals surface area contributed by atoms with Gasteiger partial charge >= 0.3 is 0 Å². The number of hydrogen-bond donors (Lipinski definition) is 2. The summed E-state index contributed by atoms with van der Waals surface area (Å²) in [4.78, 5) is 9.21. The Morgan fingerprint density at radius 1 is 1.19 bits per heavy atom. The number of fused-ring (bicyclic) bond motifs is 1. The van der Waals surface area contributed by atoms with Crippen molar-refractivity contribution < 1.29 is 0 Å². The Balaban J connectivity index is 1.90. The summed E-state index contributed by atoms with van der Waals surface area (Å²) in [6.07, 6.45) is 4.07. The summed E-state index contributed by atoms with van der Waals surface area (Å²) < 4.78 is 0. The standard InChI is InChI=1S/C17H22N4/c1-17(2)9-14(18-3)13-11-19-16(21-15(13)10-17)20-12-7-5-4-6-8-12/h4-8,11,14,18H,9-10H2,1-3H3,(H,19,20,21). The second kappa shape index (κ2) is 5.45. The Bertz CT molecular complexity index is 622. The van der Waals surface area contributed by atoms with Crippen LogP contribution < -0.4 is 10.6 Å². The number of hydrogen-bond acceptors (Lipinski definition) is 4. The molecule has 0 saturated carbocycles. The van der Waals surface area contributed by atoms with Crippen LogP contribution in [0.1, 0.15) is 37.6 Å². The molecule has 2 N–H and O–H groups in total. The van der Waals surface area contributed by atoms with E-state index in [0.29, 0.717) is 12.0 Å². The van der Waals surface area contributed by atoms with Gasteiger partial charge in [-0.1, -0.05) is 32.0 Å². The molecule has 0 amide bonds. The highest BCUT2D eigenvalue weighted by atomic mass is 15.1. The molecule has 0 fully saturated rings. The third-order valence-corrected chi connectivity index (χ3v) is 4.06. The van der Waals surface area contributed by atoms with E-state index in [4.69, 9.17) is 4.98 Å². The number of nitrogens with one attached hydrogen (secondary N) is 2. The van der Waals surface area contributed by atoms with Gasteiger partial charge in [0.2, 0.25) is 5.95 Å². The first-order chi connectivity index (χ1) is 10.1. The molecule has 1 atom stereocenters. The van der Waals surface area contributed by atoms with Crippen LogP contribution in [-0.2, 0) is 6.42 Å². The molecule has 0 saturated heterocycles. The fourth-order valence-corrected chi connectivity index (χ4v) is 3.02. The molecule has 1 aromatic heterocycles. The Kier molecular flexibility index (Phi) is 3.64. The first-order valence-electron chi connectivity index (χ1n) is 7.42. The lowest BCUT2D eigenvalue weighted by Gasteiger charge is -2.36. The molecule has 1 aliphatic rings. The third-order valence-electron chi connectivity index (χ3n) is 4.06. The molecule has 0 aliphatic heterocycles. The maximum absolute atomic E-state index is 4.74. The van der Waals surface area contributed by atoms with Crippen LogP contribution in [0.15, 0.2) is 36.5 Å². The molecular weight excluding hydrogens is 260 g/mol. The van der Waals surface area contributed by atoms with Crippen LogP contribution in [0.4, 0.5) is 11.6 Å². The minimum atomic E-state index is 0.263. The van der Waals surface area contributed by atoms with E-state index >= 15 is 0 Å². The number of benzene rings is 1. The number of rotatable bonds is 3. The topological polar surface area (TPSA) is 49.8 Å². The van der Waals surface area contributed by atoms with E-state index in [1.54, 1.807) is 0 Å². The second-order valence-electron chi connectivity index (χ2n) is 6.47. The van der Waals surface area contributed by atoms with Crippen molar-refractivity contribution in [1.29, 1.82) is 0 Å². The van der Waals surface area contributed by atoms with E-state index in [-0.39, 0.29) is 5.41 Å². The highest BCUT2D eigenvalue weighted by molar-refractivity contribution is 5.53. The Morgan fingerprint density at radius 3 is 2.67 bits per heavy atom. The van der Waals surface area contributed by atoms with Gasteiger partial charge in [-0.15, -0.1) is 0 Å².